The van der Waals surface area contributed by atoms with E-state index in [0.29, 0.717) is 6.54 Å². The molecule has 0 atom stereocenters. The first-order chi connectivity index (χ1) is 10.8. The highest BCUT2D eigenvalue weighted by Gasteiger charge is 2.20. The van der Waals surface area contributed by atoms with Crippen LogP contribution in [0.15, 0.2) is 42.9 Å². The average molecular weight is 295 g/mol. The highest BCUT2D eigenvalue weighted by atomic mass is 16.1. The Morgan fingerprint density at radius 3 is 2.73 bits per heavy atom. The van der Waals surface area contributed by atoms with Crippen molar-refractivity contribution in [3.8, 4) is 11.3 Å². The molecule has 1 aliphatic carbocycles. The molecular weight excluding hydrogens is 274 g/mol. The third kappa shape index (κ3) is 3.50. The summed E-state index contributed by atoms with van der Waals surface area (Å²) in [4.78, 5) is 20.9. The monoisotopic (exact) mass is 295 g/mol. The molecule has 4 nitrogen and oxygen atoms in total. The zero-order chi connectivity index (χ0) is 15.2. The first kappa shape index (κ1) is 14.7. The van der Waals surface area contributed by atoms with Gasteiger partial charge in [0.15, 0.2) is 0 Å². The molecule has 2 heterocycles. The fourth-order valence-corrected chi connectivity index (χ4v) is 3.04. The highest BCUT2D eigenvalue weighted by molar-refractivity contribution is 5.79. The summed E-state index contributed by atoms with van der Waals surface area (Å²) in [6.45, 7) is 0.521. The van der Waals surface area contributed by atoms with Gasteiger partial charge in [0, 0.05) is 36.6 Å². The topological polar surface area (TPSA) is 54.9 Å². The van der Waals surface area contributed by atoms with Crippen LogP contribution in [0.2, 0.25) is 0 Å². The molecule has 0 bridgehead atoms. The predicted molar refractivity (Wildman–Crippen MR) is 85.9 cm³/mol. The Bertz CT molecular complexity index is 621. The quantitative estimate of drug-likeness (QED) is 0.941. The lowest BCUT2D eigenvalue weighted by atomic mass is 9.88. The average Bonchev–Trinajstić information content (AvgIpc) is 2.61. The van der Waals surface area contributed by atoms with E-state index in [1.165, 1.54) is 19.3 Å². The lowest BCUT2D eigenvalue weighted by molar-refractivity contribution is -0.126. The van der Waals surface area contributed by atoms with E-state index in [1.807, 2.05) is 24.3 Å². The standard InChI is InChI=1S/C18H21N3O/c22-18(14-6-2-1-3-7-14)21-13-16-9-5-11-20-17(16)15-8-4-10-19-12-15/h4-5,8-12,14H,1-3,6-7,13H2,(H,21,22). The number of carbonyl (C=O) groups is 1. The molecule has 0 aliphatic heterocycles. The van der Waals surface area contributed by atoms with Gasteiger partial charge in [0.2, 0.25) is 5.91 Å². The van der Waals surface area contributed by atoms with Crippen LogP contribution < -0.4 is 5.32 Å². The smallest absolute Gasteiger partial charge is 0.223 e. The lowest BCUT2D eigenvalue weighted by Gasteiger charge is -2.21. The van der Waals surface area contributed by atoms with Gasteiger partial charge in [0.25, 0.3) is 0 Å². The molecule has 1 amide bonds. The van der Waals surface area contributed by atoms with Gasteiger partial charge in [-0.3, -0.25) is 14.8 Å². The summed E-state index contributed by atoms with van der Waals surface area (Å²) in [7, 11) is 0. The molecule has 4 heteroatoms. The molecule has 0 radical (unpaired) electrons. The van der Waals surface area contributed by atoms with E-state index in [2.05, 4.69) is 15.3 Å². The Labute approximate surface area is 131 Å². The summed E-state index contributed by atoms with van der Waals surface area (Å²) in [5, 5.41) is 3.08. The number of pyridine rings is 2. The van der Waals surface area contributed by atoms with Gasteiger partial charge in [-0.15, -0.1) is 0 Å². The number of rotatable bonds is 4. The molecule has 2 aromatic rings. The summed E-state index contributed by atoms with van der Waals surface area (Å²) in [5.74, 6) is 0.368. The van der Waals surface area contributed by atoms with Crippen LogP contribution in [-0.2, 0) is 11.3 Å². The molecule has 0 unspecified atom stereocenters. The summed E-state index contributed by atoms with van der Waals surface area (Å²) >= 11 is 0. The number of nitrogens with zero attached hydrogens (tertiary/aromatic N) is 2. The molecule has 2 aromatic heterocycles. The minimum Gasteiger partial charge on any atom is -0.352 e. The molecule has 1 fully saturated rings. The summed E-state index contributed by atoms with van der Waals surface area (Å²) in [6, 6.07) is 7.80. The second-order valence-corrected chi connectivity index (χ2v) is 5.81. The first-order valence-electron chi connectivity index (χ1n) is 7.96. The number of hydrogen-bond donors (Lipinski definition) is 1. The molecule has 114 valence electrons. The Kier molecular flexibility index (Phi) is 4.78. The van der Waals surface area contributed by atoms with Gasteiger partial charge in [-0.25, -0.2) is 0 Å². The predicted octanol–water partition coefficient (Wildman–Crippen LogP) is 3.34. The van der Waals surface area contributed by atoms with E-state index in [1.54, 1.807) is 18.6 Å². The second-order valence-electron chi connectivity index (χ2n) is 5.81. The molecule has 22 heavy (non-hydrogen) atoms. The third-order valence-corrected chi connectivity index (χ3v) is 4.26. The number of hydrogen-bond acceptors (Lipinski definition) is 3. The summed E-state index contributed by atoms with van der Waals surface area (Å²) in [6.07, 6.45) is 11.0. The molecule has 1 N–H and O–H groups in total. The van der Waals surface area contributed by atoms with Crippen LogP contribution in [0.3, 0.4) is 0 Å². The SMILES string of the molecule is O=C(NCc1cccnc1-c1cccnc1)C1CCCCC1. The second kappa shape index (κ2) is 7.16. The number of nitrogens with one attached hydrogen (secondary N) is 1. The zero-order valence-corrected chi connectivity index (χ0v) is 12.7. The minimum atomic E-state index is 0.181. The Morgan fingerprint density at radius 1 is 1.14 bits per heavy atom. The Balaban J connectivity index is 1.69. The van der Waals surface area contributed by atoms with Gasteiger partial charge in [0.05, 0.1) is 5.69 Å². The van der Waals surface area contributed by atoms with E-state index in [0.717, 1.165) is 29.7 Å². The highest BCUT2D eigenvalue weighted by Crippen LogP contribution is 2.24. The van der Waals surface area contributed by atoms with Gasteiger partial charge in [-0.1, -0.05) is 25.3 Å². The zero-order valence-electron chi connectivity index (χ0n) is 12.7. The first-order valence-corrected chi connectivity index (χ1v) is 7.96. The van der Waals surface area contributed by atoms with Crippen LogP contribution in [0.4, 0.5) is 0 Å². The largest absolute Gasteiger partial charge is 0.352 e. The van der Waals surface area contributed by atoms with Crippen LogP contribution in [0.25, 0.3) is 11.3 Å². The van der Waals surface area contributed by atoms with Crippen molar-refractivity contribution in [2.24, 2.45) is 5.92 Å². The maximum atomic E-state index is 12.3. The molecule has 1 aliphatic rings. The summed E-state index contributed by atoms with van der Waals surface area (Å²) in [5.41, 5.74) is 2.89. The van der Waals surface area contributed by atoms with E-state index in [4.69, 9.17) is 0 Å². The van der Waals surface area contributed by atoms with Gasteiger partial charge in [-0.05, 0) is 36.6 Å². The normalized spacial score (nSPS) is 15.5. The molecule has 0 spiro atoms. The van der Waals surface area contributed by atoms with Crippen LogP contribution in [0, 0.1) is 5.92 Å². The number of amides is 1. The van der Waals surface area contributed by atoms with Crippen molar-refractivity contribution >= 4 is 5.91 Å². The van der Waals surface area contributed by atoms with E-state index in [9.17, 15) is 4.79 Å². The number of carbonyl (C=O) groups excluding carboxylic acids is 1. The maximum absolute atomic E-state index is 12.3. The van der Waals surface area contributed by atoms with Crippen molar-refractivity contribution in [3.05, 3.63) is 48.4 Å². The van der Waals surface area contributed by atoms with Crippen molar-refractivity contribution in [3.63, 3.8) is 0 Å². The van der Waals surface area contributed by atoms with Crippen LogP contribution >= 0.6 is 0 Å². The fraction of sp³-hybridized carbons (Fsp3) is 0.389. The molecule has 3 rings (SSSR count). The maximum Gasteiger partial charge on any atom is 0.223 e. The van der Waals surface area contributed by atoms with Crippen molar-refractivity contribution in [2.45, 2.75) is 38.6 Å². The van der Waals surface area contributed by atoms with Gasteiger partial charge >= 0.3 is 0 Å². The Hall–Kier alpha value is -2.23. The summed E-state index contributed by atoms with van der Waals surface area (Å²) < 4.78 is 0. The lowest BCUT2D eigenvalue weighted by Crippen LogP contribution is -2.31. The van der Waals surface area contributed by atoms with E-state index in [-0.39, 0.29) is 11.8 Å². The van der Waals surface area contributed by atoms with Crippen molar-refractivity contribution < 1.29 is 4.79 Å². The molecule has 1 saturated carbocycles. The van der Waals surface area contributed by atoms with Gasteiger partial charge in [-0.2, -0.15) is 0 Å². The van der Waals surface area contributed by atoms with Crippen LogP contribution in [0.5, 0.6) is 0 Å². The van der Waals surface area contributed by atoms with Crippen molar-refractivity contribution in [1.82, 2.24) is 15.3 Å². The van der Waals surface area contributed by atoms with E-state index < -0.39 is 0 Å². The van der Waals surface area contributed by atoms with Crippen LogP contribution in [-0.4, -0.2) is 15.9 Å². The van der Waals surface area contributed by atoms with Gasteiger partial charge < -0.3 is 5.32 Å². The van der Waals surface area contributed by atoms with Crippen LogP contribution in [0.1, 0.15) is 37.7 Å². The third-order valence-electron chi connectivity index (χ3n) is 4.26. The molecule has 0 saturated heterocycles. The minimum absolute atomic E-state index is 0.181. The molecular formula is C18H21N3O. The van der Waals surface area contributed by atoms with Crippen molar-refractivity contribution in [1.29, 1.82) is 0 Å². The number of aromatic nitrogens is 2. The fourth-order valence-electron chi connectivity index (χ4n) is 3.04. The molecule has 0 aromatic carbocycles. The van der Waals surface area contributed by atoms with Gasteiger partial charge in [0.1, 0.15) is 0 Å². The van der Waals surface area contributed by atoms with Crippen molar-refractivity contribution in [2.75, 3.05) is 0 Å². The Morgan fingerprint density at radius 2 is 1.95 bits per heavy atom. The van der Waals surface area contributed by atoms with E-state index >= 15 is 0 Å².